The molecule has 0 bridgehead atoms. The number of aromatic nitrogens is 2. The fourth-order valence-electron chi connectivity index (χ4n) is 3.38. The minimum absolute atomic E-state index is 0.117. The molecule has 1 aromatic heterocycles. The van der Waals surface area contributed by atoms with Crippen molar-refractivity contribution in [2.24, 2.45) is 17.8 Å². The van der Waals surface area contributed by atoms with Crippen LogP contribution in [0.5, 0.6) is 0 Å². The first-order valence-electron chi connectivity index (χ1n) is 8.62. The van der Waals surface area contributed by atoms with Crippen molar-refractivity contribution >= 4 is 5.91 Å². The second-order valence-electron chi connectivity index (χ2n) is 6.90. The predicted octanol–water partition coefficient (Wildman–Crippen LogP) is 3.64. The molecule has 1 aliphatic carbocycles. The Bertz CT molecular complexity index is 481. The molecular formula is C18H29N3O. The molecule has 1 unspecified atom stereocenters. The largest absolute Gasteiger partial charge is 0.350 e. The van der Waals surface area contributed by atoms with Gasteiger partial charge in [0.2, 0.25) is 5.91 Å². The van der Waals surface area contributed by atoms with E-state index in [9.17, 15) is 4.79 Å². The monoisotopic (exact) mass is 303 g/mol. The molecule has 1 heterocycles. The van der Waals surface area contributed by atoms with Crippen molar-refractivity contribution in [3.05, 3.63) is 23.8 Å². The highest BCUT2D eigenvalue weighted by atomic mass is 16.1. The van der Waals surface area contributed by atoms with Crippen molar-refractivity contribution < 1.29 is 4.79 Å². The zero-order valence-corrected chi connectivity index (χ0v) is 14.1. The number of nitrogens with zero attached hydrogens (tertiary/aromatic N) is 2. The number of hydrogen-bond acceptors (Lipinski definition) is 3. The Balaban J connectivity index is 1.88. The van der Waals surface area contributed by atoms with Gasteiger partial charge in [-0.05, 0) is 31.2 Å². The number of nitrogens with one attached hydrogen (secondary N) is 1. The molecular weight excluding hydrogens is 274 g/mol. The Kier molecular flexibility index (Phi) is 6.34. The minimum Gasteiger partial charge on any atom is -0.350 e. The fraction of sp³-hybridized carbons (Fsp3) is 0.722. The molecule has 1 fully saturated rings. The molecule has 1 N–H and O–H groups in total. The molecule has 2 rings (SSSR count). The van der Waals surface area contributed by atoms with Crippen LogP contribution in [0.3, 0.4) is 0 Å². The van der Waals surface area contributed by atoms with Crippen molar-refractivity contribution in [2.45, 2.75) is 65.8 Å². The zero-order chi connectivity index (χ0) is 15.9. The first-order valence-corrected chi connectivity index (χ1v) is 8.62. The number of carbonyl (C=O) groups excluding carboxylic acids is 1. The summed E-state index contributed by atoms with van der Waals surface area (Å²) < 4.78 is 0. The third kappa shape index (κ3) is 5.08. The van der Waals surface area contributed by atoms with Crippen molar-refractivity contribution in [3.63, 3.8) is 0 Å². The molecule has 0 saturated heterocycles. The lowest BCUT2D eigenvalue weighted by atomic mass is 9.79. The van der Waals surface area contributed by atoms with Crippen LogP contribution < -0.4 is 5.32 Å². The highest BCUT2D eigenvalue weighted by molar-refractivity contribution is 5.78. The predicted molar refractivity (Wildman–Crippen MR) is 88.1 cm³/mol. The van der Waals surface area contributed by atoms with E-state index in [4.69, 9.17) is 0 Å². The van der Waals surface area contributed by atoms with Crippen molar-refractivity contribution in [1.29, 1.82) is 0 Å². The van der Waals surface area contributed by atoms with Gasteiger partial charge in [-0.1, -0.05) is 46.0 Å². The molecule has 22 heavy (non-hydrogen) atoms. The lowest BCUT2D eigenvalue weighted by molar-refractivity contribution is -0.127. The van der Waals surface area contributed by atoms with E-state index in [1.165, 1.54) is 32.1 Å². The smallest absolute Gasteiger partial charge is 0.223 e. The quantitative estimate of drug-likeness (QED) is 0.873. The fourth-order valence-corrected chi connectivity index (χ4v) is 3.38. The molecule has 4 nitrogen and oxygen atoms in total. The molecule has 0 spiro atoms. The van der Waals surface area contributed by atoms with Gasteiger partial charge in [-0.3, -0.25) is 4.79 Å². The first kappa shape index (κ1) is 16.9. The lowest BCUT2D eigenvalue weighted by Gasteiger charge is -2.28. The topological polar surface area (TPSA) is 54.9 Å². The first-order chi connectivity index (χ1) is 10.6. The standard InChI is InChI=1S/C18H29N3O/c1-13(2)17(11-15-7-5-4-6-8-15)18(22)20-12-16-9-10-19-14(3)21-16/h9-10,13,15,17H,4-8,11-12H2,1-3H3,(H,20,22). The van der Waals surface area contributed by atoms with Gasteiger partial charge in [0.25, 0.3) is 0 Å². The van der Waals surface area contributed by atoms with Crippen LogP contribution in [0.4, 0.5) is 0 Å². The molecule has 4 heteroatoms. The summed E-state index contributed by atoms with van der Waals surface area (Å²) in [7, 11) is 0. The molecule has 1 atom stereocenters. The zero-order valence-electron chi connectivity index (χ0n) is 14.1. The second-order valence-corrected chi connectivity index (χ2v) is 6.90. The summed E-state index contributed by atoms with van der Waals surface area (Å²) in [4.78, 5) is 21.0. The average molecular weight is 303 g/mol. The normalized spacial score (nSPS) is 17.5. The second kappa shape index (κ2) is 8.25. The van der Waals surface area contributed by atoms with E-state index in [-0.39, 0.29) is 11.8 Å². The summed E-state index contributed by atoms with van der Waals surface area (Å²) in [6.07, 6.45) is 9.39. The van der Waals surface area contributed by atoms with Gasteiger partial charge < -0.3 is 5.32 Å². The molecule has 0 aromatic carbocycles. The van der Waals surface area contributed by atoms with Crippen LogP contribution in [-0.2, 0) is 11.3 Å². The van der Waals surface area contributed by atoms with Crippen LogP contribution in [0.2, 0.25) is 0 Å². The third-order valence-corrected chi connectivity index (χ3v) is 4.73. The number of hydrogen-bond donors (Lipinski definition) is 1. The Labute approximate surface area is 134 Å². The van der Waals surface area contributed by atoms with Gasteiger partial charge in [-0.2, -0.15) is 0 Å². The summed E-state index contributed by atoms with van der Waals surface area (Å²) >= 11 is 0. The molecule has 1 saturated carbocycles. The van der Waals surface area contributed by atoms with Crippen LogP contribution in [0, 0.1) is 24.7 Å². The third-order valence-electron chi connectivity index (χ3n) is 4.73. The highest BCUT2D eigenvalue weighted by Crippen LogP contribution is 2.31. The van der Waals surface area contributed by atoms with Crippen LogP contribution >= 0.6 is 0 Å². The molecule has 1 aliphatic rings. The van der Waals surface area contributed by atoms with Crippen LogP contribution in [-0.4, -0.2) is 15.9 Å². The van der Waals surface area contributed by atoms with Gasteiger partial charge in [-0.25, -0.2) is 9.97 Å². The number of aryl methyl sites for hydroxylation is 1. The summed E-state index contributed by atoms with van der Waals surface area (Å²) in [5.41, 5.74) is 0.876. The van der Waals surface area contributed by atoms with E-state index in [1.807, 2.05) is 13.0 Å². The maximum atomic E-state index is 12.6. The minimum atomic E-state index is 0.117. The SMILES string of the molecule is Cc1nccc(CNC(=O)C(CC2CCCCC2)C(C)C)n1. The lowest BCUT2D eigenvalue weighted by Crippen LogP contribution is -2.35. The van der Waals surface area contributed by atoms with Crippen molar-refractivity contribution in [3.8, 4) is 0 Å². The van der Waals surface area contributed by atoms with Crippen molar-refractivity contribution in [1.82, 2.24) is 15.3 Å². The van der Waals surface area contributed by atoms with E-state index < -0.39 is 0 Å². The van der Waals surface area contributed by atoms with E-state index in [1.54, 1.807) is 6.20 Å². The Morgan fingerprint density at radius 1 is 1.32 bits per heavy atom. The summed E-state index contributed by atoms with van der Waals surface area (Å²) in [6.45, 7) is 6.67. The van der Waals surface area contributed by atoms with Crippen molar-refractivity contribution in [2.75, 3.05) is 0 Å². The number of rotatable bonds is 6. The van der Waals surface area contributed by atoms with E-state index in [2.05, 4.69) is 29.1 Å². The molecule has 122 valence electrons. The number of amides is 1. The van der Waals surface area contributed by atoms with Gasteiger partial charge in [0, 0.05) is 12.1 Å². The van der Waals surface area contributed by atoms with Gasteiger partial charge in [-0.15, -0.1) is 0 Å². The molecule has 1 aromatic rings. The van der Waals surface area contributed by atoms with Crippen LogP contribution in [0.1, 0.15) is 63.9 Å². The van der Waals surface area contributed by atoms with E-state index in [0.717, 1.165) is 23.9 Å². The van der Waals surface area contributed by atoms with E-state index >= 15 is 0 Å². The van der Waals surface area contributed by atoms with Crippen LogP contribution in [0.15, 0.2) is 12.3 Å². The summed E-state index contributed by atoms with van der Waals surface area (Å²) in [6, 6.07) is 1.86. The Hall–Kier alpha value is -1.45. The maximum Gasteiger partial charge on any atom is 0.223 e. The van der Waals surface area contributed by atoms with Gasteiger partial charge in [0.1, 0.15) is 5.82 Å². The highest BCUT2D eigenvalue weighted by Gasteiger charge is 2.26. The average Bonchev–Trinajstić information content (AvgIpc) is 2.51. The van der Waals surface area contributed by atoms with Crippen LogP contribution in [0.25, 0.3) is 0 Å². The Morgan fingerprint density at radius 3 is 2.68 bits per heavy atom. The molecule has 1 amide bonds. The Morgan fingerprint density at radius 2 is 2.05 bits per heavy atom. The number of carbonyl (C=O) groups is 1. The summed E-state index contributed by atoms with van der Waals surface area (Å²) in [5.74, 6) is 2.15. The summed E-state index contributed by atoms with van der Waals surface area (Å²) in [5, 5.41) is 3.07. The van der Waals surface area contributed by atoms with Gasteiger partial charge in [0.05, 0.1) is 12.2 Å². The van der Waals surface area contributed by atoms with Gasteiger partial charge >= 0.3 is 0 Å². The molecule has 0 radical (unpaired) electrons. The van der Waals surface area contributed by atoms with Gasteiger partial charge in [0.15, 0.2) is 0 Å². The van der Waals surface area contributed by atoms with E-state index in [0.29, 0.717) is 12.5 Å². The molecule has 0 aliphatic heterocycles. The maximum absolute atomic E-state index is 12.6.